The fraction of sp³-hybridized carbons (Fsp3) is 0. The lowest BCUT2D eigenvalue weighted by Gasteiger charge is -2.11. The molecule has 3 rings (SSSR count). The number of aromatic hydroxyl groups is 1. The highest BCUT2D eigenvalue weighted by atomic mass is 35.5. The molecule has 0 aliphatic carbocycles. The summed E-state index contributed by atoms with van der Waals surface area (Å²) in [6.45, 7) is 0. The Morgan fingerprint density at radius 2 is 1.82 bits per heavy atom. The Kier molecular flexibility index (Phi) is 3.35. The molecule has 22 heavy (non-hydrogen) atoms. The minimum Gasteiger partial charge on any atom is -0.505 e. The second-order valence-corrected chi connectivity index (χ2v) is 5.21. The van der Waals surface area contributed by atoms with Crippen molar-refractivity contribution in [2.75, 3.05) is 5.73 Å². The first-order valence-corrected chi connectivity index (χ1v) is 6.76. The SMILES string of the molecule is Nc1ccc2nc(-c3ccc(Cl)cc3)c(O)c(C(=O)O)c2c1. The standard InChI is InChI=1S/C16H11ClN2O3/c17-9-3-1-8(2-4-9)14-15(20)13(16(21)22)11-7-10(18)5-6-12(11)19-14/h1-7,20H,18H2,(H,21,22). The van der Waals surface area contributed by atoms with Crippen LogP contribution in [0.1, 0.15) is 10.4 Å². The zero-order valence-corrected chi connectivity index (χ0v) is 12.0. The van der Waals surface area contributed by atoms with Gasteiger partial charge in [-0.3, -0.25) is 0 Å². The van der Waals surface area contributed by atoms with Crippen LogP contribution in [0, 0.1) is 0 Å². The lowest BCUT2D eigenvalue weighted by molar-refractivity contribution is 0.0696. The number of hydrogen-bond acceptors (Lipinski definition) is 4. The number of carboxylic acid groups (broad SMARTS) is 1. The minimum atomic E-state index is -1.24. The molecule has 0 radical (unpaired) electrons. The number of nitrogens with two attached hydrogens (primary N) is 1. The zero-order valence-electron chi connectivity index (χ0n) is 11.2. The molecule has 110 valence electrons. The normalized spacial score (nSPS) is 10.8. The number of benzene rings is 2. The van der Waals surface area contributed by atoms with Gasteiger partial charge in [-0.25, -0.2) is 9.78 Å². The van der Waals surface area contributed by atoms with Crippen molar-refractivity contribution in [2.45, 2.75) is 0 Å². The molecule has 0 saturated carbocycles. The van der Waals surface area contributed by atoms with E-state index in [0.717, 1.165) is 0 Å². The molecule has 1 aromatic heterocycles. The van der Waals surface area contributed by atoms with E-state index in [1.54, 1.807) is 36.4 Å². The number of carbonyl (C=O) groups is 1. The monoisotopic (exact) mass is 314 g/mol. The van der Waals surface area contributed by atoms with Gasteiger partial charge >= 0.3 is 5.97 Å². The van der Waals surface area contributed by atoms with Gasteiger partial charge in [0.05, 0.1) is 5.52 Å². The van der Waals surface area contributed by atoms with Crippen molar-refractivity contribution < 1.29 is 15.0 Å². The third kappa shape index (κ3) is 2.31. The minimum absolute atomic E-state index is 0.186. The molecular weight excluding hydrogens is 304 g/mol. The Hall–Kier alpha value is -2.79. The van der Waals surface area contributed by atoms with E-state index in [2.05, 4.69) is 4.98 Å². The molecule has 3 aromatic rings. The molecule has 1 heterocycles. The fourth-order valence-electron chi connectivity index (χ4n) is 2.30. The summed E-state index contributed by atoms with van der Waals surface area (Å²) in [5.41, 5.74) is 7.07. The number of rotatable bonds is 2. The summed E-state index contributed by atoms with van der Waals surface area (Å²) in [6, 6.07) is 11.4. The molecule has 0 bridgehead atoms. The van der Waals surface area contributed by atoms with E-state index in [9.17, 15) is 15.0 Å². The molecule has 0 atom stereocenters. The van der Waals surface area contributed by atoms with Crippen LogP contribution in [-0.4, -0.2) is 21.2 Å². The number of pyridine rings is 1. The third-order valence-corrected chi connectivity index (χ3v) is 3.57. The number of aromatic nitrogens is 1. The molecule has 5 nitrogen and oxygen atoms in total. The number of halogens is 1. The van der Waals surface area contributed by atoms with Crippen LogP contribution in [0.25, 0.3) is 22.2 Å². The molecule has 6 heteroatoms. The van der Waals surface area contributed by atoms with Crippen LogP contribution in [0.3, 0.4) is 0 Å². The number of hydrogen-bond donors (Lipinski definition) is 3. The Morgan fingerprint density at radius 1 is 1.14 bits per heavy atom. The molecule has 0 saturated heterocycles. The first-order chi connectivity index (χ1) is 10.5. The van der Waals surface area contributed by atoms with Crippen LogP contribution in [-0.2, 0) is 0 Å². The highest BCUT2D eigenvalue weighted by Crippen LogP contribution is 2.36. The van der Waals surface area contributed by atoms with Crippen LogP contribution >= 0.6 is 11.6 Å². The van der Waals surface area contributed by atoms with E-state index in [4.69, 9.17) is 17.3 Å². The van der Waals surface area contributed by atoms with Crippen LogP contribution in [0.15, 0.2) is 42.5 Å². The summed E-state index contributed by atoms with van der Waals surface area (Å²) in [7, 11) is 0. The third-order valence-electron chi connectivity index (χ3n) is 3.31. The van der Waals surface area contributed by atoms with E-state index in [1.165, 1.54) is 6.07 Å². The maximum absolute atomic E-state index is 11.5. The van der Waals surface area contributed by atoms with Gasteiger partial charge in [0.2, 0.25) is 0 Å². The van der Waals surface area contributed by atoms with Crippen LogP contribution in [0.2, 0.25) is 5.02 Å². The van der Waals surface area contributed by atoms with Crippen LogP contribution in [0.4, 0.5) is 5.69 Å². The van der Waals surface area contributed by atoms with Crippen molar-refractivity contribution in [3.8, 4) is 17.0 Å². The van der Waals surface area contributed by atoms with Crippen molar-refractivity contribution in [3.63, 3.8) is 0 Å². The quantitative estimate of drug-likeness (QED) is 0.629. The number of nitrogen functional groups attached to an aromatic ring is 1. The Balaban J connectivity index is 2.37. The van der Waals surface area contributed by atoms with Crippen molar-refractivity contribution in [1.82, 2.24) is 4.98 Å². The van der Waals surface area contributed by atoms with Crippen LogP contribution in [0.5, 0.6) is 5.75 Å². The predicted octanol–water partition coefficient (Wildman–Crippen LogP) is 3.54. The van der Waals surface area contributed by atoms with Gasteiger partial charge in [0.25, 0.3) is 0 Å². The van der Waals surface area contributed by atoms with Gasteiger partial charge in [0, 0.05) is 21.7 Å². The van der Waals surface area contributed by atoms with Gasteiger partial charge in [-0.15, -0.1) is 0 Å². The molecule has 0 aliphatic heterocycles. The van der Waals surface area contributed by atoms with Crippen molar-refractivity contribution in [1.29, 1.82) is 0 Å². The average Bonchev–Trinajstić information content (AvgIpc) is 2.47. The number of aromatic carboxylic acids is 1. The number of carboxylic acids is 1. The molecule has 0 fully saturated rings. The Labute approximate surface area is 130 Å². The average molecular weight is 315 g/mol. The van der Waals surface area contributed by atoms with Crippen molar-refractivity contribution in [2.24, 2.45) is 0 Å². The highest BCUT2D eigenvalue weighted by Gasteiger charge is 2.20. The smallest absolute Gasteiger partial charge is 0.340 e. The summed E-state index contributed by atoms with van der Waals surface area (Å²) < 4.78 is 0. The topological polar surface area (TPSA) is 96.4 Å². The van der Waals surface area contributed by atoms with Crippen molar-refractivity contribution in [3.05, 3.63) is 53.1 Å². The lowest BCUT2D eigenvalue weighted by atomic mass is 10.0. The number of anilines is 1. The Morgan fingerprint density at radius 3 is 2.45 bits per heavy atom. The molecule has 0 spiro atoms. The van der Waals surface area contributed by atoms with E-state index >= 15 is 0 Å². The molecule has 0 unspecified atom stereocenters. The van der Waals surface area contributed by atoms with Crippen molar-refractivity contribution >= 4 is 34.2 Å². The molecular formula is C16H11ClN2O3. The second-order valence-electron chi connectivity index (χ2n) is 4.77. The van der Waals surface area contributed by atoms with E-state index in [0.29, 0.717) is 27.2 Å². The first kappa shape index (κ1) is 14.2. The summed E-state index contributed by atoms with van der Waals surface area (Å²) in [5, 5.41) is 20.6. The maximum Gasteiger partial charge on any atom is 0.340 e. The van der Waals surface area contributed by atoms with E-state index in [-0.39, 0.29) is 11.3 Å². The van der Waals surface area contributed by atoms with Gasteiger partial charge in [0.15, 0.2) is 5.75 Å². The van der Waals surface area contributed by atoms with E-state index < -0.39 is 11.7 Å². The van der Waals surface area contributed by atoms with Gasteiger partial charge < -0.3 is 15.9 Å². The largest absolute Gasteiger partial charge is 0.505 e. The van der Waals surface area contributed by atoms with Gasteiger partial charge in [-0.05, 0) is 30.3 Å². The van der Waals surface area contributed by atoms with Crippen LogP contribution < -0.4 is 5.73 Å². The summed E-state index contributed by atoms with van der Waals surface area (Å²) in [6.07, 6.45) is 0. The summed E-state index contributed by atoms with van der Waals surface area (Å²) in [5.74, 6) is -1.64. The van der Waals surface area contributed by atoms with Gasteiger partial charge in [-0.1, -0.05) is 23.7 Å². The fourth-order valence-corrected chi connectivity index (χ4v) is 2.42. The Bertz CT molecular complexity index is 892. The number of fused-ring (bicyclic) bond motifs is 1. The lowest BCUT2D eigenvalue weighted by Crippen LogP contribution is -2.02. The number of nitrogens with zero attached hydrogens (tertiary/aromatic N) is 1. The summed E-state index contributed by atoms with van der Waals surface area (Å²) >= 11 is 5.84. The maximum atomic E-state index is 11.5. The second kappa shape index (κ2) is 5.20. The van der Waals surface area contributed by atoms with Gasteiger partial charge in [-0.2, -0.15) is 0 Å². The molecule has 0 aliphatic rings. The molecule has 4 N–H and O–H groups in total. The van der Waals surface area contributed by atoms with Gasteiger partial charge in [0.1, 0.15) is 11.3 Å². The molecule has 0 amide bonds. The highest BCUT2D eigenvalue weighted by molar-refractivity contribution is 6.30. The summed E-state index contributed by atoms with van der Waals surface area (Å²) in [4.78, 5) is 15.9. The predicted molar refractivity (Wildman–Crippen MR) is 85.2 cm³/mol. The first-order valence-electron chi connectivity index (χ1n) is 6.39. The van der Waals surface area contributed by atoms with E-state index in [1.807, 2.05) is 0 Å². The molecule has 2 aromatic carbocycles. The zero-order chi connectivity index (χ0) is 15.9.